The molecule has 1 saturated heterocycles. The molecule has 1 atom stereocenters. The van der Waals surface area contributed by atoms with Gasteiger partial charge in [-0.05, 0) is 20.8 Å². The van der Waals surface area contributed by atoms with E-state index >= 15 is 0 Å². The van der Waals surface area contributed by atoms with Crippen LogP contribution in [0, 0.1) is 0 Å². The third-order valence-electron chi connectivity index (χ3n) is 3.06. The third kappa shape index (κ3) is 8.71. The summed E-state index contributed by atoms with van der Waals surface area (Å²) < 4.78 is 20.0. The normalized spacial score (nSPS) is 17.7. The zero-order valence-electron chi connectivity index (χ0n) is 14.4. The van der Waals surface area contributed by atoms with Crippen molar-refractivity contribution in [1.29, 1.82) is 0 Å². The van der Waals surface area contributed by atoms with Crippen LogP contribution in [0.5, 0.6) is 0 Å². The van der Waals surface area contributed by atoms with E-state index < -0.39 is 17.9 Å². The largest absolute Gasteiger partial charge is 0.497 e. The molecule has 1 unspecified atom stereocenters. The summed E-state index contributed by atoms with van der Waals surface area (Å²) in [5.41, 5.74) is 0.659. The lowest BCUT2D eigenvalue weighted by molar-refractivity contribution is -0.141. The second kappa shape index (κ2) is 10.3. The van der Waals surface area contributed by atoms with Crippen molar-refractivity contribution in [3.05, 3.63) is 35.1 Å². The number of carbonyl (C=O) groups excluding carboxylic acids is 2. The van der Waals surface area contributed by atoms with Gasteiger partial charge in [-0.1, -0.05) is 12.2 Å². The minimum atomic E-state index is -1.06. The molecule has 1 aliphatic rings. The van der Waals surface area contributed by atoms with Gasteiger partial charge in [0.05, 0.1) is 18.4 Å². The van der Waals surface area contributed by atoms with Gasteiger partial charge < -0.3 is 24.1 Å². The Morgan fingerprint density at radius 2 is 1.60 bits per heavy atom. The Labute approximate surface area is 145 Å². The highest BCUT2D eigenvalue weighted by Gasteiger charge is 2.24. The molecule has 0 aromatic heterocycles. The maximum absolute atomic E-state index is 11.7. The average Bonchev–Trinajstić information content (AvgIpc) is 3.40. The van der Waals surface area contributed by atoms with E-state index in [1.165, 1.54) is 32.3 Å². The van der Waals surface area contributed by atoms with Crippen LogP contribution < -0.4 is 0 Å². The number of esters is 2. The molecule has 8 nitrogen and oxygen atoms in total. The van der Waals surface area contributed by atoms with E-state index in [4.69, 9.17) is 24.1 Å². The van der Waals surface area contributed by atoms with Crippen molar-refractivity contribution in [3.8, 4) is 0 Å². The number of epoxide rings is 1. The molecule has 1 rings (SSSR count). The average molecular weight is 354 g/mol. The van der Waals surface area contributed by atoms with Gasteiger partial charge in [-0.25, -0.2) is 14.4 Å². The van der Waals surface area contributed by atoms with Gasteiger partial charge in [0.2, 0.25) is 0 Å². The van der Waals surface area contributed by atoms with E-state index in [2.05, 4.69) is 0 Å². The van der Waals surface area contributed by atoms with Crippen molar-refractivity contribution in [2.45, 2.75) is 26.9 Å². The van der Waals surface area contributed by atoms with Crippen molar-refractivity contribution >= 4 is 17.9 Å². The fourth-order valence-corrected chi connectivity index (χ4v) is 1.36. The summed E-state index contributed by atoms with van der Waals surface area (Å²) in [6.45, 7) is 5.37. The number of carboxylic acid groups (broad SMARTS) is 1. The predicted molar refractivity (Wildman–Crippen MR) is 86.5 cm³/mol. The van der Waals surface area contributed by atoms with Crippen molar-refractivity contribution in [3.63, 3.8) is 0 Å². The monoisotopic (exact) mass is 354 g/mol. The summed E-state index contributed by atoms with van der Waals surface area (Å²) in [7, 11) is 0. The van der Waals surface area contributed by atoms with Crippen LogP contribution in [0.4, 0.5) is 0 Å². The first-order valence-electron chi connectivity index (χ1n) is 7.64. The third-order valence-corrected chi connectivity index (χ3v) is 3.06. The lowest BCUT2D eigenvalue weighted by atomic mass is 10.2. The summed E-state index contributed by atoms with van der Waals surface area (Å²) in [5.74, 6) is -2.13. The second-order valence-electron chi connectivity index (χ2n) is 5.37. The Balaban J connectivity index is 2.24. The van der Waals surface area contributed by atoms with Gasteiger partial charge in [0.1, 0.15) is 25.9 Å². The Hall–Kier alpha value is -2.61. The van der Waals surface area contributed by atoms with Gasteiger partial charge in [-0.3, -0.25) is 0 Å². The zero-order valence-corrected chi connectivity index (χ0v) is 14.4. The maximum Gasteiger partial charge on any atom is 0.336 e. The van der Waals surface area contributed by atoms with Gasteiger partial charge >= 0.3 is 17.9 Å². The number of hydrogen-bond acceptors (Lipinski definition) is 7. The number of aliphatic carboxylic acids is 1. The minimum absolute atomic E-state index is 0.00232. The number of ether oxygens (including phenoxy) is 4. The predicted octanol–water partition coefficient (Wildman–Crippen LogP) is 1.37. The van der Waals surface area contributed by atoms with E-state index in [9.17, 15) is 14.4 Å². The number of carbonyl (C=O) groups is 3. The van der Waals surface area contributed by atoms with Gasteiger partial charge in [-0.2, -0.15) is 0 Å². The van der Waals surface area contributed by atoms with Crippen LogP contribution in [-0.2, 0) is 33.3 Å². The molecule has 0 bridgehead atoms. The second-order valence-corrected chi connectivity index (χ2v) is 5.37. The molecular formula is C17H22O8. The first-order valence-corrected chi connectivity index (χ1v) is 7.64. The Morgan fingerprint density at radius 3 is 2.20 bits per heavy atom. The topological polar surface area (TPSA) is 112 Å². The molecule has 1 fully saturated rings. The van der Waals surface area contributed by atoms with Gasteiger partial charge in [-0.15, -0.1) is 0 Å². The first-order chi connectivity index (χ1) is 11.8. The van der Waals surface area contributed by atoms with E-state index in [-0.39, 0.29) is 42.6 Å². The Morgan fingerprint density at radius 1 is 1.00 bits per heavy atom. The standard InChI is InChI=1S/C17H22O8/c1-11(15(18)19)4-5-12(2)16(20)23-7-6-22-8-13(3)17(21)25-10-14-9-24-14/h4-5,8,14H,6-7,9-10H2,1-3H3,(H,18,19). The van der Waals surface area contributed by atoms with Crippen LogP contribution in [0.25, 0.3) is 0 Å². The van der Waals surface area contributed by atoms with E-state index in [1.54, 1.807) is 6.92 Å². The van der Waals surface area contributed by atoms with Crippen LogP contribution in [0.15, 0.2) is 35.1 Å². The minimum Gasteiger partial charge on any atom is -0.497 e. The highest BCUT2D eigenvalue weighted by molar-refractivity contribution is 5.90. The van der Waals surface area contributed by atoms with E-state index in [0.717, 1.165) is 0 Å². The van der Waals surface area contributed by atoms with Crippen LogP contribution in [0.3, 0.4) is 0 Å². The summed E-state index contributed by atoms with van der Waals surface area (Å²) in [5, 5.41) is 8.71. The van der Waals surface area contributed by atoms with Gasteiger partial charge in [0.15, 0.2) is 0 Å². The van der Waals surface area contributed by atoms with Crippen LogP contribution >= 0.6 is 0 Å². The molecule has 0 saturated carbocycles. The SMILES string of the molecule is CC(=CC=C(C)C(=O)OCCOC=C(C)C(=O)OCC1CO1)C(=O)O. The van der Waals surface area contributed by atoms with Crippen molar-refractivity contribution in [2.24, 2.45) is 0 Å². The van der Waals surface area contributed by atoms with E-state index in [1.807, 2.05) is 0 Å². The van der Waals surface area contributed by atoms with Crippen LogP contribution in [-0.4, -0.2) is 55.5 Å². The summed E-state index contributed by atoms with van der Waals surface area (Å²) in [6.07, 6.45) is 3.93. The van der Waals surface area contributed by atoms with Crippen LogP contribution in [0.2, 0.25) is 0 Å². The highest BCUT2D eigenvalue weighted by Crippen LogP contribution is 2.10. The number of allylic oxidation sites excluding steroid dienone is 2. The van der Waals surface area contributed by atoms with Crippen molar-refractivity contribution in [2.75, 3.05) is 26.4 Å². The molecule has 0 spiro atoms. The number of carboxylic acids is 1. The fraction of sp³-hybridized carbons (Fsp3) is 0.471. The molecule has 138 valence electrons. The van der Waals surface area contributed by atoms with E-state index in [0.29, 0.717) is 6.61 Å². The van der Waals surface area contributed by atoms with Crippen molar-refractivity contribution in [1.82, 2.24) is 0 Å². The zero-order chi connectivity index (χ0) is 18.8. The quantitative estimate of drug-likeness (QED) is 0.156. The molecular weight excluding hydrogens is 332 g/mol. The molecule has 0 radical (unpaired) electrons. The summed E-state index contributed by atoms with van der Waals surface area (Å²) in [4.78, 5) is 33.8. The molecule has 0 aliphatic carbocycles. The molecule has 0 aromatic rings. The Kier molecular flexibility index (Phi) is 8.42. The van der Waals surface area contributed by atoms with Gasteiger partial charge in [0.25, 0.3) is 0 Å². The highest BCUT2D eigenvalue weighted by atomic mass is 16.6. The van der Waals surface area contributed by atoms with Crippen LogP contribution in [0.1, 0.15) is 20.8 Å². The molecule has 8 heteroatoms. The maximum atomic E-state index is 11.7. The molecule has 0 amide bonds. The lowest BCUT2D eigenvalue weighted by Gasteiger charge is -2.06. The lowest BCUT2D eigenvalue weighted by Crippen LogP contribution is -2.12. The first kappa shape index (κ1) is 20.4. The number of hydrogen-bond donors (Lipinski definition) is 1. The fourth-order valence-electron chi connectivity index (χ4n) is 1.36. The number of rotatable bonds is 10. The molecule has 1 N–H and O–H groups in total. The summed E-state index contributed by atoms with van der Waals surface area (Å²) in [6, 6.07) is 0. The van der Waals surface area contributed by atoms with Crippen molar-refractivity contribution < 1.29 is 38.4 Å². The molecule has 1 aliphatic heterocycles. The molecule has 25 heavy (non-hydrogen) atoms. The summed E-state index contributed by atoms with van der Waals surface area (Å²) >= 11 is 0. The molecule has 0 aromatic carbocycles. The smallest absolute Gasteiger partial charge is 0.336 e. The molecule has 1 heterocycles. The van der Waals surface area contributed by atoms with Gasteiger partial charge in [0, 0.05) is 11.1 Å². The Bertz CT molecular complexity index is 596.